The Hall–Kier alpha value is -0.960. The summed E-state index contributed by atoms with van der Waals surface area (Å²) in [6, 6.07) is 8.05. The van der Waals surface area contributed by atoms with Crippen LogP contribution in [-0.4, -0.2) is 6.04 Å². The summed E-state index contributed by atoms with van der Waals surface area (Å²) in [7, 11) is 0. The lowest BCUT2D eigenvalue weighted by molar-refractivity contribution is 0.737. The van der Waals surface area contributed by atoms with E-state index >= 15 is 0 Å². The molecule has 1 unspecified atom stereocenters. The van der Waals surface area contributed by atoms with E-state index in [0.29, 0.717) is 0 Å². The molecule has 3 heteroatoms. The smallest absolute Gasteiger partial charge is 0.118 e. The predicted octanol–water partition coefficient (Wildman–Crippen LogP) is 5.32. The zero-order chi connectivity index (χ0) is 13.0. The molecule has 0 bridgehead atoms. The van der Waals surface area contributed by atoms with Gasteiger partial charge < -0.3 is 0 Å². The summed E-state index contributed by atoms with van der Waals surface area (Å²) in [6.45, 7) is 2.20. The summed E-state index contributed by atoms with van der Waals surface area (Å²) in [4.78, 5) is 11.0. The number of allylic oxidation sites excluding steroid dienone is 1. The number of unbranched alkanes of at least 4 members (excludes halogenated alkanes) is 1. The summed E-state index contributed by atoms with van der Waals surface area (Å²) < 4.78 is 1.05. The Morgan fingerprint density at radius 2 is 2.28 bits per heavy atom. The molecular weight excluding hydrogens is 290 g/mol. The van der Waals surface area contributed by atoms with Crippen molar-refractivity contribution in [2.24, 2.45) is 5.18 Å². The number of halogens is 1. The van der Waals surface area contributed by atoms with Crippen molar-refractivity contribution in [1.29, 1.82) is 0 Å². The summed E-state index contributed by atoms with van der Waals surface area (Å²) in [5, 5.41) is 3.31. The van der Waals surface area contributed by atoms with Gasteiger partial charge in [0.15, 0.2) is 0 Å². The van der Waals surface area contributed by atoms with Crippen LogP contribution in [0.25, 0.3) is 5.57 Å². The summed E-state index contributed by atoms with van der Waals surface area (Å²) in [6.07, 6.45) is 5.39. The van der Waals surface area contributed by atoms with Crippen molar-refractivity contribution in [1.82, 2.24) is 0 Å². The van der Waals surface area contributed by atoms with E-state index in [1.807, 2.05) is 12.1 Å². The number of rotatable bonds is 5. The molecule has 1 atom stereocenters. The Morgan fingerprint density at radius 3 is 2.94 bits per heavy atom. The fourth-order valence-corrected chi connectivity index (χ4v) is 3.03. The first-order valence-electron chi connectivity index (χ1n) is 6.56. The van der Waals surface area contributed by atoms with E-state index in [1.165, 1.54) is 24.0 Å². The molecule has 1 aromatic carbocycles. The molecule has 2 rings (SSSR count). The first kappa shape index (κ1) is 13.5. The van der Waals surface area contributed by atoms with Gasteiger partial charge in [-0.3, -0.25) is 0 Å². The summed E-state index contributed by atoms with van der Waals surface area (Å²) in [5.74, 6) is 0. The largest absolute Gasteiger partial charge is 0.150 e. The van der Waals surface area contributed by atoms with Crippen LogP contribution in [0.1, 0.15) is 44.6 Å². The Kier molecular flexibility index (Phi) is 4.70. The highest BCUT2D eigenvalue weighted by atomic mass is 79.9. The van der Waals surface area contributed by atoms with Gasteiger partial charge in [-0.05, 0) is 49.0 Å². The SMILES string of the molecule is CCCCC1=C(c2cccc(Br)c2)C(N=O)CC1. The minimum absolute atomic E-state index is 0.147. The van der Waals surface area contributed by atoms with Gasteiger partial charge in [-0.15, -0.1) is 0 Å². The fourth-order valence-electron chi connectivity index (χ4n) is 2.63. The highest BCUT2D eigenvalue weighted by molar-refractivity contribution is 9.10. The molecule has 0 aliphatic heterocycles. The molecule has 0 N–H and O–H groups in total. The van der Waals surface area contributed by atoms with Crippen LogP contribution < -0.4 is 0 Å². The van der Waals surface area contributed by atoms with Crippen LogP contribution >= 0.6 is 15.9 Å². The normalized spacial score (nSPS) is 19.3. The van der Waals surface area contributed by atoms with Gasteiger partial charge in [0.25, 0.3) is 0 Å². The monoisotopic (exact) mass is 307 g/mol. The predicted molar refractivity (Wildman–Crippen MR) is 79.4 cm³/mol. The molecule has 2 nitrogen and oxygen atoms in total. The van der Waals surface area contributed by atoms with E-state index in [1.54, 1.807) is 0 Å². The van der Waals surface area contributed by atoms with E-state index in [2.05, 4.69) is 40.2 Å². The second-order valence-electron chi connectivity index (χ2n) is 4.79. The van der Waals surface area contributed by atoms with Crippen molar-refractivity contribution in [2.45, 2.75) is 45.1 Å². The van der Waals surface area contributed by atoms with Gasteiger partial charge in [0.05, 0.1) is 0 Å². The molecule has 0 saturated carbocycles. The lowest BCUT2D eigenvalue weighted by Gasteiger charge is -2.10. The van der Waals surface area contributed by atoms with Crippen LogP contribution in [0.3, 0.4) is 0 Å². The lowest BCUT2D eigenvalue weighted by atomic mass is 9.97. The fraction of sp³-hybridized carbons (Fsp3) is 0.467. The van der Waals surface area contributed by atoms with E-state index in [9.17, 15) is 4.91 Å². The van der Waals surface area contributed by atoms with Crippen molar-refractivity contribution < 1.29 is 0 Å². The molecule has 1 aliphatic carbocycles. The zero-order valence-corrected chi connectivity index (χ0v) is 12.2. The molecule has 0 spiro atoms. The molecule has 0 amide bonds. The third-order valence-electron chi connectivity index (χ3n) is 3.53. The first-order chi connectivity index (χ1) is 8.76. The average Bonchev–Trinajstić information content (AvgIpc) is 2.79. The van der Waals surface area contributed by atoms with Crippen molar-refractivity contribution in [2.75, 3.05) is 0 Å². The lowest BCUT2D eigenvalue weighted by Crippen LogP contribution is -2.01. The van der Waals surface area contributed by atoms with E-state index in [4.69, 9.17) is 0 Å². The van der Waals surface area contributed by atoms with Crippen LogP contribution in [0.2, 0.25) is 0 Å². The Balaban J connectivity index is 2.36. The standard InChI is InChI=1S/C15H18BrNO/c1-2-3-5-11-8-9-14(17-18)15(11)12-6-4-7-13(16)10-12/h4,6-7,10,14H,2-3,5,8-9H2,1H3. The summed E-state index contributed by atoms with van der Waals surface area (Å²) in [5.41, 5.74) is 3.76. The quantitative estimate of drug-likeness (QED) is 0.677. The van der Waals surface area contributed by atoms with Gasteiger partial charge in [-0.25, -0.2) is 0 Å². The molecule has 0 heterocycles. The van der Waals surface area contributed by atoms with Crippen molar-refractivity contribution in [3.8, 4) is 0 Å². The number of hydrogen-bond donors (Lipinski definition) is 0. The third kappa shape index (κ3) is 2.89. The average molecular weight is 308 g/mol. The van der Waals surface area contributed by atoms with Gasteiger partial charge in [0.2, 0.25) is 0 Å². The molecular formula is C15H18BrNO. The van der Waals surface area contributed by atoms with Crippen molar-refractivity contribution >= 4 is 21.5 Å². The maximum absolute atomic E-state index is 11.0. The van der Waals surface area contributed by atoms with Crippen LogP contribution in [0.5, 0.6) is 0 Å². The first-order valence-corrected chi connectivity index (χ1v) is 7.36. The zero-order valence-electron chi connectivity index (χ0n) is 10.7. The molecule has 0 aromatic heterocycles. The van der Waals surface area contributed by atoms with Crippen LogP contribution in [0.15, 0.2) is 39.5 Å². The highest BCUT2D eigenvalue weighted by Crippen LogP contribution is 2.39. The topological polar surface area (TPSA) is 29.4 Å². The highest BCUT2D eigenvalue weighted by Gasteiger charge is 2.27. The molecule has 18 heavy (non-hydrogen) atoms. The summed E-state index contributed by atoms with van der Waals surface area (Å²) >= 11 is 3.49. The minimum atomic E-state index is -0.147. The third-order valence-corrected chi connectivity index (χ3v) is 4.02. The molecule has 0 radical (unpaired) electrons. The Morgan fingerprint density at radius 1 is 1.44 bits per heavy atom. The van der Waals surface area contributed by atoms with Crippen LogP contribution in [-0.2, 0) is 0 Å². The molecule has 96 valence electrons. The van der Waals surface area contributed by atoms with E-state index in [0.717, 1.165) is 29.3 Å². The molecule has 1 aliphatic rings. The second kappa shape index (κ2) is 6.28. The van der Waals surface area contributed by atoms with Crippen molar-refractivity contribution in [3.05, 3.63) is 44.8 Å². The minimum Gasteiger partial charge on any atom is -0.150 e. The number of nitroso groups, excluding NO2 is 1. The number of benzene rings is 1. The maximum Gasteiger partial charge on any atom is 0.118 e. The van der Waals surface area contributed by atoms with Crippen LogP contribution in [0.4, 0.5) is 0 Å². The van der Waals surface area contributed by atoms with Crippen molar-refractivity contribution in [3.63, 3.8) is 0 Å². The number of nitrogens with zero attached hydrogens (tertiary/aromatic N) is 1. The van der Waals surface area contributed by atoms with E-state index in [-0.39, 0.29) is 6.04 Å². The van der Waals surface area contributed by atoms with Gasteiger partial charge >= 0.3 is 0 Å². The van der Waals surface area contributed by atoms with Gasteiger partial charge in [-0.2, -0.15) is 4.91 Å². The van der Waals surface area contributed by atoms with Gasteiger partial charge in [-0.1, -0.05) is 52.2 Å². The van der Waals surface area contributed by atoms with Crippen LogP contribution in [0, 0.1) is 4.91 Å². The second-order valence-corrected chi connectivity index (χ2v) is 5.71. The molecule has 0 saturated heterocycles. The number of hydrogen-bond acceptors (Lipinski definition) is 2. The van der Waals surface area contributed by atoms with E-state index < -0.39 is 0 Å². The molecule has 0 fully saturated rings. The Labute approximate surface area is 117 Å². The molecule has 1 aromatic rings. The Bertz CT molecular complexity index is 467. The van der Waals surface area contributed by atoms with Gasteiger partial charge in [0.1, 0.15) is 6.04 Å². The van der Waals surface area contributed by atoms with Gasteiger partial charge in [0, 0.05) is 4.47 Å². The maximum atomic E-state index is 11.0.